The molecule has 0 saturated carbocycles. The topological polar surface area (TPSA) is 41.5 Å². The average molecular weight is 230 g/mol. The predicted molar refractivity (Wildman–Crippen MR) is 62.8 cm³/mol. The van der Waals surface area contributed by atoms with Crippen molar-refractivity contribution in [2.24, 2.45) is 0 Å². The fourth-order valence-electron chi connectivity index (χ4n) is 1.23. The molecule has 0 amide bonds. The van der Waals surface area contributed by atoms with E-state index in [0.717, 1.165) is 30.8 Å². The van der Waals surface area contributed by atoms with Crippen LogP contribution in [0, 0.1) is 0 Å². The highest BCUT2D eigenvalue weighted by Gasteiger charge is 2.01. The summed E-state index contributed by atoms with van der Waals surface area (Å²) in [5.74, 6) is 0.782. The molecule has 0 saturated heterocycles. The Morgan fingerprint density at radius 2 is 2.20 bits per heavy atom. The number of hydrogen-bond donors (Lipinski definition) is 2. The van der Waals surface area contributed by atoms with Crippen LogP contribution in [0.1, 0.15) is 12.8 Å². The van der Waals surface area contributed by atoms with Gasteiger partial charge in [0.1, 0.15) is 5.75 Å². The first kappa shape index (κ1) is 12.1. The van der Waals surface area contributed by atoms with Gasteiger partial charge in [-0.2, -0.15) is 0 Å². The fourth-order valence-corrected chi connectivity index (χ4v) is 1.41. The summed E-state index contributed by atoms with van der Waals surface area (Å²) in [6, 6.07) is 5.48. The molecule has 0 heterocycles. The molecule has 1 aromatic rings. The Bertz CT molecular complexity index is 305. The third-order valence-corrected chi connectivity index (χ3v) is 2.40. The van der Waals surface area contributed by atoms with Crippen molar-refractivity contribution in [3.8, 4) is 5.75 Å². The molecule has 0 aromatic heterocycles. The number of unbranched alkanes of at least 4 members (excludes halogenated alkanes) is 1. The number of nitrogens with one attached hydrogen (secondary N) is 1. The Morgan fingerprint density at radius 1 is 1.40 bits per heavy atom. The number of hydrogen-bond acceptors (Lipinski definition) is 3. The van der Waals surface area contributed by atoms with Gasteiger partial charge in [-0.1, -0.05) is 11.6 Å². The van der Waals surface area contributed by atoms with Crippen molar-refractivity contribution in [1.29, 1.82) is 0 Å². The van der Waals surface area contributed by atoms with Gasteiger partial charge < -0.3 is 15.2 Å². The molecule has 0 unspecified atom stereocenters. The number of aliphatic hydroxyl groups excluding tert-OH is 1. The lowest BCUT2D eigenvalue weighted by atomic mass is 10.2. The van der Waals surface area contributed by atoms with E-state index in [1.165, 1.54) is 0 Å². The van der Waals surface area contributed by atoms with Gasteiger partial charge in [-0.15, -0.1) is 0 Å². The molecule has 0 atom stereocenters. The van der Waals surface area contributed by atoms with Crippen LogP contribution in [0.5, 0.6) is 5.75 Å². The lowest BCUT2D eigenvalue weighted by Crippen LogP contribution is -2.03. The molecule has 0 aliphatic carbocycles. The summed E-state index contributed by atoms with van der Waals surface area (Å²) in [7, 11) is 1.62. The summed E-state index contributed by atoms with van der Waals surface area (Å²) in [4.78, 5) is 0. The first-order valence-corrected chi connectivity index (χ1v) is 5.34. The van der Waals surface area contributed by atoms with E-state index in [-0.39, 0.29) is 6.61 Å². The van der Waals surface area contributed by atoms with E-state index < -0.39 is 0 Å². The average Bonchev–Trinajstić information content (AvgIpc) is 2.26. The van der Waals surface area contributed by atoms with Gasteiger partial charge in [0.25, 0.3) is 0 Å². The highest BCUT2D eigenvalue weighted by atomic mass is 35.5. The molecule has 1 aromatic carbocycles. The Morgan fingerprint density at radius 3 is 2.87 bits per heavy atom. The van der Waals surface area contributed by atoms with Crippen LogP contribution in [0.2, 0.25) is 5.02 Å². The van der Waals surface area contributed by atoms with Crippen molar-refractivity contribution in [2.75, 3.05) is 25.6 Å². The number of methoxy groups -OCH3 is 1. The van der Waals surface area contributed by atoms with Crippen molar-refractivity contribution in [3.63, 3.8) is 0 Å². The molecule has 0 spiro atoms. The molecule has 2 N–H and O–H groups in total. The number of aliphatic hydroxyl groups is 1. The molecule has 3 nitrogen and oxygen atoms in total. The number of anilines is 1. The van der Waals surface area contributed by atoms with Gasteiger partial charge in [0.05, 0.1) is 17.8 Å². The largest absolute Gasteiger partial charge is 0.497 e. The number of ether oxygens (including phenoxy) is 1. The Kier molecular flexibility index (Phi) is 5.29. The third-order valence-electron chi connectivity index (χ3n) is 2.07. The highest BCUT2D eigenvalue weighted by molar-refractivity contribution is 6.33. The first-order valence-electron chi connectivity index (χ1n) is 4.96. The highest BCUT2D eigenvalue weighted by Crippen LogP contribution is 2.26. The van der Waals surface area contributed by atoms with Gasteiger partial charge in [-0.3, -0.25) is 0 Å². The van der Waals surface area contributed by atoms with Gasteiger partial charge in [-0.05, 0) is 25.0 Å². The number of benzene rings is 1. The van der Waals surface area contributed by atoms with Gasteiger partial charge >= 0.3 is 0 Å². The van der Waals surface area contributed by atoms with Gasteiger partial charge in [0.15, 0.2) is 0 Å². The van der Waals surface area contributed by atoms with E-state index in [0.29, 0.717) is 5.02 Å². The molecule has 0 bridgehead atoms. The first-order chi connectivity index (χ1) is 7.27. The standard InChI is InChI=1S/C11H16ClNO2/c1-15-9-4-5-10(12)11(8-9)13-6-2-3-7-14/h4-5,8,13-14H,2-3,6-7H2,1H3. The van der Waals surface area contributed by atoms with Crippen LogP contribution in [0.4, 0.5) is 5.69 Å². The second-order valence-corrected chi connectivity index (χ2v) is 3.61. The second-order valence-electron chi connectivity index (χ2n) is 3.20. The molecular weight excluding hydrogens is 214 g/mol. The second kappa shape index (κ2) is 6.53. The minimum absolute atomic E-state index is 0.230. The zero-order valence-corrected chi connectivity index (χ0v) is 9.55. The molecule has 84 valence electrons. The maximum Gasteiger partial charge on any atom is 0.121 e. The Hall–Kier alpha value is -0.930. The maximum absolute atomic E-state index is 8.63. The quantitative estimate of drug-likeness (QED) is 0.737. The number of rotatable bonds is 6. The van der Waals surface area contributed by atoms with Gasteiger partial charge in [-0.25, -0.2) is 0 Å². The Balaban J connectivity index is 2.51. The molecule has 0 radical (unpaired) electrons. The predicted octanol–water partition coefficient (Wildman–Crippen LogP) is 2.53. The minimum atomic E-state index is 0.230. The van der Waals surface area contributed by atoms with Crippen LogP contribution < -0.4 is 10.1 Å². The van der Waals surface area contributed by atoms with Crippen LogP contribution in [0.25, 0.3) is 0 Å². The van der Waals surface area contributed by atoms with Crippen LogP contribution in [-0.4, -0.2) is 25.4 Å². The fraction of sp³-hybridized carbons (Fsp3) is 0.455. The zero-order chi connectivity index (χ0) is 11.1. The summed E-state index contributed by atoms with van der Waals surface area (Å²) >= 11 is 6.00. The molecular formula is C11H16ClNO2. The number of halogens is 1. The van der Waals surface area contributed by atoms with E-state index in [4.69, 9.17) is 21.4 Å². The van der Waals surface area contributed by atoms with Gasteiger partial charge in [0, 0.05) is 19.2 Å². The molecule has 0 fully saturated rings. The van der Waals surface area contributed by atoms with Crippen LogP contribution in [-0.2, 0) is 0 Å². The monoisotopic (exact) mass is 229 g/mol. The van der Waals surface area contributed by atoms with E-state index in [1.807, 2.05) is 12.1 Å². The smallest absolute Gasteiger partial charge is 0.121 e. The van der Waals surface area contributed by atoms with Crippen molar-refractivity contribution in [3.05, 3.63) is 23.2 Å². The third kappa shape index (κ3) is 3.98. The van der Waals surface area contributed by atoms with E-state index >= 15 is 0 Å². The molecule has 0 aliphatic rings. The minimum Gasteiger partial charge on any atom is -0.497 e. The van der Waals surface area contributed by atoms with Gasteiger partial charge in [0.2, 0.25) is 0 Å². The molecule has 0 aliphatic heterocycles. The normalized spacial score (nSPS) is 10.1. The van der Waals surface area contributed by atoms with E-state index in [9.17, 15) is 0 Å². The molecule has 4 heteroatoms. The van der Waals surface area contributed by atoms with E-state index in [2.05, 4.69) is 5.32 Å². The lowest BCUT2D eigenvalue weighted by molar-refractivity contribution is 0.286. The van der Waals surface area contributed by atoms with Crippen molar-refractivity contribution < 1.29 is 9.84 Å². The van der Waals surface area contributed by atoms with Crippen molar-refractivity contribution in [2.45, 2.75) is 12.8 Å². The summed E-state index contributed by atoms with van der Waals surface area (Å²) in [6.45, 7) is 1.03. The summed E-state index contributed by atoms with van der Waals surface area (Å²) < 4.78 is 5.10. The van der Waals surface area contributed by atoms with Crippen LogP contribution >= 0.6 is 11.6 Å². The Labute approximate surface area is 95.0 Å². The van der Waals surface area contributed by atoms with Crippen molar-refractivity contribution in [1.82, 2.24) is 0 Å². The van der Waals surface area contributed by atoms with Crippen molar-refractivity contribution >= 4 is 17.3 Å². The summed E-state index contributed by atoms with van der Waals surface area (Å²) in [5.41, 5.74) is 0.869. The SMILES string of the molecule is COc1ccc(Cl)c(NCCCCO)c1. The summed E-state index contributed by atoms with van der Waals surface area (Å²) in [6.07, 6.45) is 1.72. The maximum atomic E-state index is 8.63. The van der Waals surface area contributed by atoms with Crippen LogP contribution in [0.3, 0.4) is 0 Å². The van der Waals surface area contributed by atoms with Crippen LogP contribution in [0.15, 0.2) is 18.2 Å². The zero-order valence-electron chi connectivity index (χ0n) is 8.79. The summed E-state index contributed by atoms with van der Waals surface area (Å²) in [5, 5.41) is 12.5. The molecule has 1 rings (SSSR count). The van der Waals surface area contributed by atoms with E-state index in [1.54, 1.807) is 13.2 Å². The molecule has 15 heavy (non-hydrogen) atoms. The lowest BCUT2D eigenvalue weighted by Gasteiger charge is -2.09.